The van der Waals surface area contributed by atoms with E-state index in [1.807, 2.05) is 0 Å². The molecule has 0 unspecified atom stereocenters. The predicted octanol–water partition coefficient (Wildman–Crippen LogP) is 5.03. The van der Waals surface area contributed by atoms with Crippen molar-refractivity contribution in [3.8, 4) is 10.6 Å². The first-order valence-corrected chi connectivity index (χ1v) is 11.6. The summed E-state index contributed by atoms with van der Waals surface area (Å²) in [4.78, 5) is 18.0. The van der Waals surface area contributed by atoms with Crippen LogP contribution in [0.5, 0.6) is 0 Å². The first kappa shape index (κ1) is 19.3. The molecule has 3 aromatic rings. The van der Waals surface area contributed by atoms with E-state index in [2.05, 4.69) is 15.4 Å². The highest BCUT2D eigenvalue weighted by Gasteiger charge is 2.48. The molecule has 162 valence electrons. The first-order chi connectivity index (χ1) is 14.8. The third-order valence-corrected chi connectivity index (χ3v) is 8.14. The number of carbonyl (C=O) groups excluding carboxylic acids is 1. The Morgan fingerprint density at radius 3 is 2.42 bits per heavy atom. The molecule has 4 fully saturated rings. The molecule has 1 N–H and O–H groups in total. The number of thiophene rings is 1. The van der Waals surface area contributed by atoms with Crippen molar-refractivity contribution in [3.63, 3.8) is 0 Å². The van der Waals surface area contributed by atoms with Crippen molar-refractivity contribution in [2.24, 2.45) is 23.7 Å². The van der Waals surface area contributed by atoms with Gasteiger partial charge in [0.25, 0.3) is 5.91 Å². The fourth-order valence-corrected chi connectivity index (χ4v) is 6.91. The minimum absolute atomic E-state index is 0.0184. The van der Waals surface area contributed by atoms with Crippen molar-refractivity contribution in [2.45, 2.75) is 44.3 Å². The molecule has 9 heteroatoms. The van der Waals surface area contributed by atoms with Crippen molar-refractivity contribution < 1.29 is 18.0 Å². The van der Waals surface area contributed by atoms with Crippen LogP contribution in [-0.2, 0) is 6.18 Å². The molecule has 0 spiro atoms. The highest BCUT2D eigenvalue weighted by Crippen LogP contribution is 2.53. The molecule has 4 saturated carbocycles. The summed E-state index contributed by atoms with van der Waals surface area (Å²) in [5, 5.41) is 8.91. The summed E-state index contributed by atoms with van der Waals surface area (Å²) in [5.41, 5.74) is -0.708. The lowest BCUT2D eigenvalue weighted by molar-refractivity contribution is -0.142. The van der Waals surface area contributed by atoms with Gasteiger partial charge in [-0.15, -0.1) is 11.3 Å². The van der Waals surface area contributed by atoms with Crippen molar-refractivity contribution in [1.29, 1.82) is 0 Å². The molecule has 4 aliphatic carbocycles. The van der Waals surface area contributed by atoms with Crippen LogP contribution in [0.1, 0.15) is 48.3 Å². The average molecular weight is 446 g/mol. The Morgan fingerprint density at radius 1 is 1.10 bits per heavy atom. The van der Waals surface area contributed by atoms with E-state index in [9.17, 15) is 18.0 Å². The minimum atomic E-state index is -4.62. The van der Waals surface area contributed by atoms with E-state index in [0.717, 1.165) is 48.1 Å². The molecular weight excluding hydrogens is 425 g/mol. The third-order valence-electron chi connectivity index (χ3n) is 7.25. The highest BCUT2D eigenvalue weighted by molar-refractivity contribution is 7.13. The SMILES string of the molecule is O=C(NC1C2CC3CC(C2)CC1C3)c1cc2nc(-c3cccs3)cc(C(F)(F)F)n2n1. The third kappa shape index (κ3) is 3.24. The topological polar surface area (TPSA) is 59.3 Å². The summed E-state index contributed by atoms with van der Waals surface area (Å²) in [6.45, 7) is 0. The van der Waals surface area contributed by atoms with Crippen LogP contribution >= 0.6 is 11.3 Å². The Labute approximate surface area is 180 Å². The van der Waals surface area contributed by atoms with E-state index in [0.29, 0.717) is 16.7 Å². The molecule has 0 aliphatic heterocycles. The number of hydrogen-bond acceptors (Lipinski definition) is 4. The van der Waals surface area contributed by atoms with Gasteiger partial charge in [0, 0.05) is 12.1 Å². The number of nitrogens with zero attached hydrogens (tertiary/aromatic N) is 3. The van der Waals surface area contributed by atoms with Gasteiger partial charge in [-0.3, -0.25) is 4.79 Å². The summed E-state index contributed by atoms with van der Waals surface area (Å²) < 4.78 is 41.9. The second-order valence-corrected chi connectivity index (χ2v) is 10.2. The second kappa shape index (κ2) is 6.79. The molecule has 7 rings (SSSR count). The van der Waals surface area contributed by atoms with E-state index >= 15 is 0 Å². The zero-order valence-electron chi connectivity index (χ0n) is 16.6. The highest BCUT2D eigenvalue weighted by atomic mass is 32.1. The number of nitrogens with one attached hydrogen (secondary N) is 1. The predicted molar refractivity (Wildman–Crippen MR) is 110 cm³/mol. The molecule has 3 aromatic heterocycles. The number of hydrogen-bond donors (Lipinski definition) is 1. The fraction of sp³-hybridized carbons (Fsp3) is 0.500. The Kier molecular flexibility index (Phi) is 4.22. The van der Waals surface area contributed by atoms with Gasteiger partial charge in [0.05, 0.1) is 10.6 Å². The number of halogens is 3. The molecule has 0 atom stereocenters. The van der Waals surface area contributed by atoms with E-state index in [4.69, 9.17) is 0 Å². The Bertz CT molecular complexity index is 1130. The lowest BCUT2D eigenvalue weighted by Gasteiger charge is -2.54. The Balaban J connectivity index is 1.34. The summed E-state index contributed by atoms with van der Waals surface area (Å²) in [5.74, 6) is 2.10. The lowest BCUT2D eigenvalue weighted by Crippen LogP contribution is -2.55. The Morgan fingerprint density at radius 2 is 1.81 bits per heavy atom. The van der Waals surface area contributed by atoms with Gasteiger partial charge in [-0.2, -0.15) is 18.3 Å². The number of aromatic nitrogens is 3. The minimum Gasteiger partial charge on any atom is -0.347 e. The molecule has 5 nitrogen and oxygen atoms in total. The molecule has 0 radical (unpaired) electrons. The fourth-order valence-electron chi connectivity index (χ4n) is 6.22. The largest absolute Gasteiger partial charge is 0.433 e. The summed E-state index contributed by atoms with van der Waals surface area (Å²) in [6.07, 6.45) is 1.28. The maximum absolute atomic E-state index is 13.7. The first-order valence-electron chi connectivity index (χ1n) is 10.7. The zero-order valence-corrected chi connectivity index (χ0v) is 17.4. The molecular formula is C22H21F3N4OS. The van der Waals surface area contributed by atoms with E-state index in [-0.39, 0.29) is 23.1 Å². The molecule has 1 amide bonds. The molecule has 0 saturated heterocycles. The normalized spacial score (nSPS) is 29.6. The van der Waals surface area contributed by atoms with Crippen LogP contribution in [0.25, 0.3) is 16.2 Å². The van der Waals surface area contributed by atoms with Crippen LogP contribution in [-0.4, -0.2) is 26.5 Å². The van der Waals surface area contributed by atoms with Crippen molar-refractivity contribution in [2.75, 3.05) is 0 Å². The maximum atomic E-state index is 13.7. The lowest BCUT2D eigenvalue weighted by atomic mass is 9.54. The second-order valence-electron chi connectivity index (χ2n) is 9.23. The van der Waals surface area contributed by atoms with Crippen molar-refractivity contribution in [1.82, 2.24) is 19.9 Å². The summed E-state index contributed by atoms with van der Waals surface area (Å²) >= 11 is 1.31. The monoisotopic (exact) mass is 446 g/mol. The van der Waals surface area contributed by atoms with Crippen LogP contribution < -0.4 is 5.32 Å². The van der Waals surface area contributed by atoms with Crippen LogP contribution in [0.15, 0.2) is 29.6 Å². The van der Waals surface area contributed by atoms with Crippen LogP contribution in [0.4, 0.5) is 13.2 Å². The molecule has 4 aliphatic rings. The van der Waals surface area contributed by atoms with Gasteiger partial charge in [-0.25, -0.2) is 9.50 Å². The summed E-state index contributed by atoms with van der Waals surface area (Å²) in [6, 6.07) is 5.93. The van der Waals surface area contributed by atoms with Crippen LogP contribution in [0.3, 0.4) is 0 Å². The molecule has 3 heterocycles. The van der Waals surface area contributed by atoms with E-state index in [1.165, 1.54) is 23.8 Å². The number of fused-ring (bicyclic) bond motifs is 1. The number of amides is 1. The standard InChI is InChI=1S/C22H21F3N4OS/c23-22(24,25)18-9-15(17-2-1-3-31-17)26-19-10-16(28-29(18)19)21(30)27-20-13-5-11-4-12(7-13)8-14(20)6-11/h1-3,9-14,20H,4-8H2,(H,27,30). The van der Waals surface area contributed by atoms with Crippen LogP contribution in [0, 0.1) is 23.7 Å². The zero-order chi connectivity index (χ0) is 21.3. The smallest absolute Gasteiger partial charge is 0.347 e. The maximum Gasteiger partial charge on any atom is 0.433 e. The van der Waals surface area contributed by atoms with E-state index < -0.39 is 17.8 Å². The van der Waals surface area contributed by atoms with Gasteiger partial charge in [0.1, 0.15) is 0 Å². The Hall–Kier alpha value is -2.42. The van der Waals surface area contributed by atoms with Gasteiger partial charge in [0.2, 0.25) is 0 Å². The van der Waals surface area contributed by atoms with Gasteiger partial charge in [0.15, 0.2) is 17.0 Å². The van der Waals surface area contributed by atoms with Gasteiger partial charge in [-0.05, 0) is 73.3 Å². The van der Waals surface area contributed by atoms with E-state index in [1.54, 1.807) is 17.5 Å². The number of rotatable bonds is 3. The molecule has 0 aromatic carbocycles. The van der Waals surface area contributed by atoms with Gasteiger partial charge in [-0.1, -0.05) is 6.07 Å². The summed E-state index contributed by atoms with van der Waals surface area (Å²) in [7, 11) is 0. The van der Waals surface area contributed by atoms with Gasteiger partial charge >= 0.3 is 6.18 Å². The number of alkyl halides is 3. The molecule has 4 bridgehead atoms. The quantitative estimate of drug-likeness (QED) is 0.614. The average Bonchev–Trinajstić information content (AvgIpc) is 3.38. The van der Waals surface area contributed by atoms with Crippen molar-refractivity contribution in [3.05, 3.63) is 41.0 Å². The van der Waals surface area contributed by atoms with Gasteiger partial charge < -0.3 is 5.32 Å². The number of carbonyl (C=O) groups is 1. The van der Waals surface area contributed by atoms with Crippen LogP contribution in [0.2, 0.25) is 0 Å². The van der Waals surface area contributed by atoms with Crippen molar-refractivity contribution >= 4 is 22.9 Å². The molecule has 31 heavy (non-hydrogen) atoms.